The maximum absolute atomic E-state index is 5.77. The molecule has 0 unspecified atom stereocenters. The van der Waals surface area contributed by atoms with Gasteiger partial charge in [-0.05, 0) is 29.0 Å². The first kappa shape index (κ1) is 13.5. The second kappa shape index (κ2) is 6.84. The molecule has 6 nitrogen and oxygen atoms in total. The molecule has 0 amide bonds. The van der Waals surface area contributed by atoms with Gasteiger partial charge in [0.1, 0.15) is 0 Å². The third kappa shape index (κ3) is 3.75. The monoisotopic (exact) mass is 261 g/mol. The summed E-state index contributed by atoms with van der Waals surface area (Å²) in [6, 6.07) is 7.53. The van der Waals surface area contributed by atoms with E-state index in [2.05, 4.69) is 22.4 Å². The van der Waals surface area contributed by atoms with E-state index in [1.54, 1.807) is 4.68 Å². The lowest BCUT2D eigenvalue weighted by molar-refractivity contribution is 0.121. The van der Waals surface area contributed by atoms with Crippen molar-refractivity contribution in [1.29, 1.82) is 0 Å². The van der Waals surface area contributed by atoms with Crippen LogP contribution in [0.2, 0.25) is 0 Å². The quantitative estimate of drug-likeness (QED) is 0.606. The fourth-order valence-corrected chi connectivity index (χ4v) is 1.74. The van der Waals surface area contributed by atoms with Crippen molar-refractivity contribution in [2.45, 2.75) is 26.3 Å². The van der Waals surface area contributed by atoms with Crippen molar-refractivity contribution in [1.82, 2.24) is 20.2 Å². The van der Waals surface area contributed by atoms with Gasteiger partial charge in [-0.15, -0.1) is 5.10 Å². The summed E-state index contributed by atoms with van der Waals surface area (Å²) in [6.07, 6.45) is 2.22. The summed E-state index contributed by atoms with van der Waals surface area (Å²) in [6.45, 7) is 4.18. The van der Waals surface area contributed by atoms with Gasteiger partial charge in [-0.25, -0.2) is 4.68 Å². The second-order valence-corrected chi connectivity index (χ2v) is 4.32. The molecule has 6 heteroatoms. The second-order valence-electron chi connectivity index (χ2n) is 4.32. The Balaban J connectivity index is 1.98. The van der Waals surface area contributed by atoms with Gasteiger partial charge in [-0.1, -0.05) is 25.5 Å². The van der Waals surface area contributed by atoms with E-state index in [1.165, 1.54) is 0 Å². The molecule has 0 aliphatic rings. The molecule has 19 heavy (non-hydrogen) atoms. The maximum atomic E-state index is 5.77. The average molecular weight is 261 g/mol. The number of tetrazole rings is 1. The summed E-state index contributed by atoms with van der Waals surface area (Å²) in [5.41, 5.74) is 7.38. The molecule has 1 aromatic heterocycles. The van der Waals surface area contributed by atoms with Crippen LogP contribution in [-0.2, 0) is 11.3 Å². The number of unbranched alkanes of at least 4 members (excludes halogenated alkanes) is 1. The highest BCUT2D eigenvalue weighted by atomic mass is 16.5. The number of hydrogen-bond donors (Lipinski definition) is 1. The van der Waals surface area contributed by atoms with E-state index in [9.17, 15) is 0 Å². The Morgan fingerprint density at radius 3 is 3.00 bits per heavy atom. The smallest absolute Gasteiger partial charge is 0.182 e. The topological polar surface area (TPSA) is 78.8 Å². The van der Waals surface area contributed by atoms with E-state index in [-0.39, 0.29) is 0 Å². The normalized spacial score (nSPS) is 10.8. The molecule has 102 valence electrons. The predicted octanol–water partition coefficient (Wildman–Crippen LogP) is 1.74. The standard InChI is InChI=1S/C13H19N5O/c1-2-3-8-19-9-7-18-13(15-16-17-18)11-5-4-6-12(14)10-11/h4-6,10H,2-3,7-9,14H2,1H3. The lowest BCUT2D eigenvalue weighted by atomic mass is 10.2. The van der Waals surface area contributed by atoms with Crippen LogP contribution >= 0.6 is 0 Å². The first-order valence-corrected chi connectivity index (χ1v) is 6.51. The van der Waals surface area contributed by atoms with Crippen molar-refractivity contribution in [3.8, 4) is 11.4 Å². The summed E-state index contributed by atoms with van der Waals surface area (Å²) in [7, 11) is 0. The first-order valence-electron chi connectivity index (χ1n) is 6.51. The van der Waals surface area contributed by atoms with E-state index in [0.29, 0.717) is 24.7 Å². The van der Waals surface area contributed by atoms with Crippen LogP contribution in [0.3, 0.4) is 0 Å². The van der Waals surface area contributed by atoms with Gasteiger partial charge in [-0.2, -0.15) is 0 Å². The Morgan fingerprint density at radius 2 is 2.21 bits per heavy atom. The predicted molar refractivity (Wildman–Crippen MR) is 73.4 cm³/mol. The number of nitrogens with zero attached hydrogens (tertiary/aromatic N) is 4. The lowest BCUT2D eigenvalue weighted by Crippen LogP contribution is -2.09. The van der Waals surface area contributed by atoms with Crippen LogP contribution in [0.1, 0.15) is 19.8 Å². The third-order valence-electron chi connectivity index (χ3n) is 2.77. The van der Waals surface area contributed by atoms with Gasteiger partial charge < -0.3 is 10.5 Å². The third-order valence-corrected chi connectivity index (χ3v) is 2.77. The summed E-state index contributed by atoms with van der Waals surface area (Å²) in [5.74, 6) is 0.714. The SMILES string of the molecule is CCCCOCCn1nnnc1-c1cccc(N)c1. The molecule has 0 aliphatic carbocycles. The molecule has 2 N–H and O–H groups in total. The number of hydrogen-bond acceptors (Lipinski definition) is 5. The Hall–Kier alpha value is -1.95. The number of anilines is 1. The Kier molecular flexibility index (Phi) is 4.85. The molecule has 0 atom stereocenters. The molecule has 0 fully saturated rings. The minimum absolute atomic E-state index is 0.611. The Bertz CT molecular complexity index is 511. The largest absolute Gasteiger partial charge is 0.399 e. The van der Waals surface area contributed by atoms with Gasteiger partial charge in [0.25, 0.3) is 0 Å². The van der Waals surface area contributed by atoms with Crippen LogP contribution in [0.5, 0.6) is 0 Å². The van der Waals surface area contributed by atoms with Gasteiger partial charge >= 0.3 is 0 Å². The number of aromatic nitrogens is 4. The van der Waals surface area contributed by atoms with Crippen molar-refractivity contribution >= 4 is 5.69 Å². The lowest BCUT2D eigenvalue weighted by Gasteiger charge is -2.06. The van der Waals surface area contributed by atoms with E-state index in [4.69, 9.17) is 10.5 Å². The minimum Gasteiger partial charge on any atom is -0.399 e. The van der Waals surface area contributed by atoms with E-state index in [1.807, 2.05) is 24.3 Å². The van der Waals surface area contributed by atoms with Crippen LogP contribution in [0, 0.1) is 0 Å². The fourth-order valence-electron chi connectivity index (χ4n) is 1.74. The minimum atomic E-state index is 0.611. The zero-order chi connectivity index (χ0) is 13.5. The molecular formula is C13H19N5O. The summed E-state index contributed by atoms with van der Waals surface area (Å²) < 4.78 is 7.26. The van der Waals surface area contributed by atoms with Crippen molar-refractivity contribution < 1.29 is 4.74 Å². The number of nitrogen functional groups attached to an aromatic ring is 1. The van der Waals surface area contributed by atoms with Crippen molar-refractivity contribution in [2.24, 2.45) is 0 Å². The molecule has 1 heterocycles. The fraction of sp³-hybridized carbons (Fsp3) is 0.462. The van der Waals surface area contributed by atoms with Crippen LogP contribution in [0.4, 0.5) is 5.69 Å². The zero-order valence-corrected chi connectivity index (χ0v) is 11.1. The van der Waals surface area contributed by atoms with E-state index < -0.39 is 0 Å². The van der Waals surface area contributed by atoms with Gasteiger partial charge in [0.2, 0.25) is 0 Å². The summed E-state index contributed by atoms with van der Waals surface area (Å²) in [4.78, 5) is 0. The van der Waals surface area contributed by atoms with E-state index >= 15 is 0 Å². The highest BCUT2D eigenvalue weighted by Gasteiger charge is 2.08. The molecule has 1 aromatic carbocycles. The van der Waals surface area contributed by atoms with E-state index in [0.717, 1.165) is 25.0 Å². The van der Waals surface area contributed by atoms with Gasteiger partial charge in [-0.3, -0.25) is 0 Å². The molecule has 0 bridgehead atoms. The van der Waals surface area contributed by atoms with Crippen LogP contribution in [0.25, 0.3) is 11.4 Å². The molecule has 0 saturated carbocycles. The van der Waals surface area contributed by atoms with Gasteiger partial charge in [0.05, 0.1) is 13.2 Å². The molecule has 2 aromatic rings. The Morgan fingerprint density at radius 1 is 1.32 bits per heavy atom. The van der Waals surface area contributed by atoms with Crippen molar-refractivity contribution in [3.63, 3.8) is 0 Å². The molecule has 0 spiro atoms. The molecule has 0 aliphatic heterocycles. The maximum Gasteiger partial charge on any atom is 0.182 e. The van der Waals surface area contributed by atoms with Crippen LogP contribution < -0.4 is 5.73 Å². The van der Waals surface area contributed by atoms with Gasteiger partial charge in [0, 0.05) is 17.9 Å². The van der Waals surface area contributed by atoms with Gasteiger partial charge in [0.15, 0.2) is 5.82 Å². The number of benzene rings is 1. The summed E-state index contributed by atoms with van der Waals surface area (Å²) in [5, 5.41) is 11.7. The van der Waals surface area contributed by atoms with Crippen LogP contribution in [0.15, 0.2) is 24.3 Å². The highest BCUT2D eigenvalue weighted by molar-refractivity contribution is 5.60. The molecule has 0 radical (unpaired) electrons. The van der Waals surface area contributed by atoms with Crippen molar-refractivity contribution in [2.75, 3.05) is 18.9 Å². The first-order chi connectivity index (χ1) is 9.31. The zero-order valence-electron chi connectivity index (χ0n) is 11.1. The molecule has 0 saturated heterocycles. The average Bonchev–Trinajstić information content (AvgIpc) is 2.87. The number of ether oxygens (including phenoxy) is 1. The van der Waals surface area contributed by atoms with Crippen molar-refractivity contribution in [3.05, 3.63) is 24.3 Å². The highest BCUT2D eigenvalue weighted by Crippen LogP contribution is 2.18. The van der Waals surface area contributed by atoms with Crippen LogP contribution in [-0.4, -0.2) is 33.4 Å². The number of nitrogens with two attached hydrogens (primary N) is 1. The number of rotatable bonds is 7. The Labute approximate surface area is 112 Å². The molecule has 2 rings (SSSR count). The summed E-state index contributed by atoms with van der Waals surface area (Å²) >= 11 is 0. The molecular weight excluding hydrogens is 242 g/mol.